The van der Waals surface area contributed by atoms with Gasteiger partial charge in [0.15, 0.2) is 0 Å². The van der Waals surface area contributed by atoms with E-state index in [2.05, 4.69) is 21.2 Å². The summed E-state index contributed by atoms with van der Waals surface area (Å²) in [4.78, 5) is 34.3. The highest BCUT2D eigenvalue weighted by Gasteiger charge is 2.19. The molecule has 0 saturated carbocycles. The first kappa shape index (κ1) is 18.8. The van der Waals surface area contributed by atoms with Crippen LogP contribution in [0.25, 0.3) is 10.2 Å². The zero-order chi connectivity index (χ0) is 19.5. The number of H-pyrrole nitrogens is 1. The number of thiophene rings is 1. The number of aromatic amines is 1. The van der Waals surface area contributed by atoms with Gasteiger partial charge in [-0.1, -0.05) is 12.0 Å². The number of hydrogen-bond acceptors (Lipinski definition) is 5. The highest BCUT2D eigenvalue weighted by molar-refractivity contribution is 7.99. The number of rotatable bonds is 5. The molecule has 2 N–H and O–H groups in total. The van der Waals surface area contributed by atoms with Gasteiger partial charge in [-0.15, -0.1) is 29.5 Å². The fourth-order valence-electron chi connectivity index (χ4n) is 3.40. The van der Waals surface area contributed by atoms with Crippen LogP contribution in [-0.4, -0.2) is 21.6 Å². The molecule has 0 unspecified atom stereocenters. The molecule has 142 valence electrons. The summed E-state index contributed by atoms with van der Waals surface area (Å²) in [5, 5.41) is 3.59. The SMILES string of the molecule is C#Cc1cccc(NC(=O)CSCc2nc3sc4c(c3c(=O)[nH]2)CCCC4)c1. The van der Waals surface area contributed by atoms with E-state index in [1.807, 2.05) is 12.1 Å². The first-order chi connectivity index (χ1) is 13.6. The number of carbonyl (C=O) groups excluding carboxylic acids is 1. The maximum absolute atomic E-state index is 12.5. The molecular weight excluding hydrogens is 390 g/mol. The first-order valence-corrected chi connectivity index (χ1v) is 11.1. The van der Waals surface area contributed by atoms with Crippen molar-refractivity contribution in [1.82, 2.24) is 9.97 Å². The Labute approximate surface area is 171 Å². The van der Waals surface area contributed by atoms with Crippen molar-refractivity contribution >= 4 is 44.9 Å². The smallest absolute Gasteiger partial charge is 0.259 e. The predicted molar refractivity (Wildman–Crippen MR) is 116 cm³/mol. The number of thioether (sulfide) groups is 1. The molecule has 3 aromatic rings. The summed E-state index contributed by atoms with van der Waals surface area (Å²) in [6.07, 6.45) is 9.70. The molecule has 2 heterocycles. The molecule has 7 heteroatoms. The van der Waals surface area contributed by atoms with Crippen molar-refractivity contribution < 1.29 is 4.79 Å². The third kappa shape index (κ3) is 3.98. The lowest BCUT2D eigenvalue weighted by Crippen LogP contribution is -2.15. The van der Waals surface area contributed by atoms with Crippen LogP contribution in [0.5, 0.6) is 0 Å². The number of amides is 1. The number of aryl methyl sites for hydroxylation is 2. The number of fused-ring (bicyclic) bond motifs is 3. The minimum atomic E-state index is -0.116. The van der Waals surface area contributed by atoms with Crippen molar-refractivity contribution in [3.8, 4) is 12.3 Å². The van der Waals surface area contributed by atoms with Gasteiger partial charge >= 0.3 is 0 Å². The number of hydrogen-bond donors (Lipinski definition) is 2. The van der Waals surface area contributed by atoms with E-state index in [4.69, 9.17) is 6.42 Å². The van der Waals surface area contributed by atoms with E-state index in [1.54, 1.807) is 23.5 Å². The van der Waals surface area contributed by atoms with Crippen molar-refractivity contribution in [3.05, 3.63) is 56.4 Å². The van der Waals surface area contributed by atoms with Gasteiger partial charge < -0.3 is 10.3 Å². The van der Waals surface area contributed by atoms with Crippen LogP contribution in [0, 0.1) is 12.3 Å². The number of aromatic nitrogens is 2. The monoisotopic (exact) mass is 409 g/mol. The highest BCUT2D eigenvalue weighted by Crippen LogP contribution is 2.33. The van der Waals surface area contributed by atoms with Gasteiger partial charge in [-0.25, -0.2) is 4.98 Å². The summed E-state index contributed by atoms with van der Waals surface area (Å²) in [5.74, 6) is 3.79. The van der Waals surface area contributed by atoms with E-state index >= 15 is 0 Å². The lowest BCUT2D eigenvalue weighted by atomic mass is 9.97. The maximum Gasteiger partial charge on any atom is 0.259 e. The minimum absolute atomic E-state index is 0.0597. The quantitative estimate of drug-likeness (QED) is 0.630. The zero-order valence-electron chi connectivity index (χ0n) is 15.2. The van der Waals surface area contributed by atoms with Crippen LogP contribution < -0.4 is 10.9 Å². The lowest BCUT2D eigenvalue weighted by molar-refractivity contribution is -0.113. The Hall–Kier alpha value is -2.56. The fraction of sp³-hybridized carbons (Fsp3) is 0.286. The Morgan fingerprint density at radius 1 is 1.36 bits per heavy atom. The van der Waals surface area contributed by atoms with Gasteiger partial charge in [0, 0.05) is 16.1 Å². The average molecular weight is 410 g/mol. The molecule has 0 aliphatic heterocycles. The topological polar surface area (TPSA) is 74.8 Å². The molecule has 0 radical (unpaired) electrons. The molecule has 1 amide bonds. The van der Waals surface area contributed by atoms with Crippen molar-refractivity contribution in [2.75, 3.05) is 11.1 Å². The summed E-state index contributed by atoms with van der Waals surface area (Å²) in [5.41, 5.74) is 2.53. The largest absolute Gasteiger partial charge is 0.325 e. The zero-order valence-corrected chi connectivity index (χ0v) is 16.8. The van der Waals surface area contributed by atoms with E-state index in [1.165, 1.54) is 28.6 Å². The summed E-state index contributed by atoms with van der Waals surface area (Å²) in [6, 6.07) is 7.18. The van der Waals surface area contributed by atoms with Crippen LogP contribution in [0.4, 0.5) is 5.69 Å². The van der Waals surface area contributed by atoms with E-state index in [9.17, 15) is 9.59 Å². The van der Waals surface area contributed by atoms with Crippen LogP contribution in [0.15, 0.2) is 29.1 Å². The standard InChI is InChI=1S/C21H19N3O2S2/c1-2-13-6-5-7-14(10-13)22-18(25)12-27-11-17-23-20(26)19-15-8-3-4-9-16(15)28-21(19)24-17/h1,5-7,10H,3-4,8-9,11-12H2,(H,22,25)(H,23,24,26). The van der Waals surface area contributed by atoms with Gasteiger partial charge in [-0.2, -0.15) is 0 Å². The maximum atomic E-state index is 12.5. The molecule has 5 nitrogen and oxygen atoms in total. The summed E-state index contributed by atoms with van der Waals surface area (Å²) >= 11 is 3.05. The highest BCUT2D eigenvalue weighted by atomic mass is 32.2. The van der Waals surface area contributed by atoms with Crippen molar-refractivity contribution in [2.24, 2.45) is 0 Å². The van der Waals surface area contributed by atoms with Gasteiger partial charge in [-0.05, 0) is 49.4 Å². The molecule has 2 aromatic heterocycles. The van der Waals surface area contributed by atoms with Crippen LogP contribution in [0.1, 0.15) is 34.7 Å². The number of benzene rings is 1. The van der Waals surface area contributed by atoms with E-state index in [0.29, 0.717) is 17.3 Å². The molecule has 0 fully saturated rings. The third-order valence-electron chi connectivity index (χ3n) is 4.66. The average Bonchev–Trinajstić information content (AvgIpc) is 3.07. The van der Waals surface area contributed by atoms with E-state index < -0.39 is 0 Å². The molecule has 1 aliphatic carbocycles. The summed E-state index contributed by atoms with van der Waals surface area (Å²) in [7, 11) is 0. The molecule has 0 atom stereocenters. The van der Waals surface area contributed by atoms with Gasteiger partial charge in [0.2, 0.25) is 5.91 Å². The molecular formula is C21H19N3O2S2. The van der Waals surface area contributed by atoms with Gasteiger partial charge in [-0.3, -0.25) is 9.59 Å². The molecule has 4 rings (SSSR count). The number of terminal acetylenes is 1. The molecule has 1 aromatic carbocycles. The lowest BCUT2D eigenvalue weighted by Gasteiger charge is -2.09. The Morgan fingerprint density at radius 2 is 2.21 bits per heavy atom. The van der Waals surface area contributed by atoms with Gasteiger partial charge in [0.1, 0.15) is 10.7 Å². The molecule has 0 bridgehead atoms. The Balaban J connectivity index is 1.39. The second-order valence-corrected chi connectivity index (χ2v) is 8.74. The molecule has 0 spiro atoms. The van der Waals surface area contributed by atoms with Crippen LogP contribution in [-0.2, 0) is 23.4 Å². The number of carbonyl (C=O) groups is 1. The van der Waals surface area contributed by atoms with Crippen molar-refractivity contribution in [3.63, 3.8) is 0 Å². The van der Waals surface area contributed by atoms with Gasteiger partial charge in [0.25, 0.3) is 5.56 Å². The number of nitrogens with zero attached hydrogens (tertiary/aromatic N) is 1. The second kappa shape index (κ2) is 8.21. The van der Waals surface area contributed by atoms with Crippen LogP contribution in [0.3, 0.4) is 0 Å². The summed E-state index contributed by atoms with van der Waals surface area (Å²) < 4.78 is 0. The first-order valence-electron chi connectivity index (χ1n) is 9.12. The molecule has 1 aliphatic rings. The summed E-state index contributed by atoms with van der Waals surface area (Å²) in [6.45, 7) is 0. The van der Waals surface area contributed by atoms with Crippen molar-refractivity contribution in [2.45, 2.75) is 31.4 Å². The fourth-order valence-corrected chi connectivity index (χ4v) is 5.37. The minimum Gasteiger partial charge on any atom is -0.325 e. The van der Waals surface area contributed by atoms with E-state index in [-0.39, 0.29) is 17.2 Å². The van der Waals surface area contributed by atoms with Gasteiger partial charge in [0.05, 0.1) is 16.9 Å². The van der Waals surface area contributed by atoms with Crippen LogP contribution in [0.2, 0.25) is 0 Å². The molecule has 28 heavy (non-hydrogen) atoms. The number of nitrogens with one attached hydrogen (secondary N) is 2. The Kier molecular flexibility index (Phi) is 5.51. The third-order valence-corrected chi connectivity index (χ3v) is 6.79. The predicted octanol–water partition coefficient (Wildman–Crippen LogP) is 3.72. The van der Waals surface area contributed by atoms with E-state index in [0.717, 1.165) is 35.0 Å². The van der Waals surface area contributed by atoms with Crippen LogP contribution >= 0.6 is 23.1 Å². The second-order valence-electron chi connectivity index (χ2n) is 6.67. The Bertz CT molecular complexity index is 1140. The number of anilines is 1. The van der Waals surface area contributed by atoms with Crippen molar-refractivity contribution in [1.29, 1.82) is 0 Å². The molecule has 0 saturated heterocycles. The Morgan fingerprint density at radius 3 is 3.07 bits per heavy atom. The normalized spacial score (nSPS) is 13.1.